The number of anilines is 1. The largest absolute Gasteiger partial charge is 0.368 e. The lowest BCUT2D eigenvalue weighted by atomic mass is 10.0. The molecule has 9 nitrogen and oxygen atoms in total. The van der Waals surface area contributed by atoms with Crippen molar-refractivity contribution in [3.05, 3.63) is 40.7 Å². The first-order valence-electron chi connectivity index (χ1n) is 9.89. The third kappa shape index (κ3) is 3.79. The Balaban J connectivity index is 1.52. The minimum atomic E-state index is -3.43. The third-order valence-corrected chi connectivity index (χ3v) is 7.98. The van der Waals surface area contributed by atoms with Gasteiger partial charge in [-0.25, -0.2) is 0 Å². The number of hydrogen-bond acceptors (Lipinski definition) is 6. The van der Waals surface area contributed by atoms with Gasteiger partial charge in [0.2, 0.25) is 0 Å². The van der Waals surface area contributed by atoms with Gasteiger partial charge in [-0.05, 0) is 30.9 Å². The zero-order chi connectivity index (χ0) is 20.6. The number of fused-ring (bicyclic) bond motifs is 1. The van der Waals surface area contributed by atoms with E-state index < -0.39 is 15.1 Å². The van der Waals surface area contributed by atoms with Crippen molar-refractivity contribution in [3.8, 4) is 0 Å². The van der Waals surface area contributed by atoms with Crippen LogP contribution >= 0.6 is 0 Å². The molecule has 2 fully saturated rings. The molecule has 1 aromatic carbocycles. The number of aromatic nitrogens is 1. The van der Waals surface area contributed by atoms with Gasteiger partial charge in [-0.3, -0.25) is 15.1 Å². The molecular formula is C19H25N5O4S. The Kier molecular flexibility index (Phi) is 5.41. The van der Waals surface area contributed by atoms with E-state index in [1.807, 2.05) is 0 Å². The fourth-order valence-corrected chi connectivity index (χ4v) is 5.76. The van der Waals surface area contributed by atoms with E-state index in [1.54, 1.807) is 26.9 Å². The van der Waals surface area contributed by atoms with Crippen LogP contribution in [0.15, 0.2) is 30.6 Å². The SMILES string of the molecule is CC1CCN(S(=O)(=O)N2CCN(c3ccc([N+](=O)[O-])c4cnccc34)CC2)CC1. The molecule has 0 N–H and O–H groups in total. The van der Waals surface area contributed by atoms with E-state index in [2.05, 4.69) is 16.8 Å². The second-order valence-electron chi connectivity index (χ2n) is 7.76. The predicted molar refractivity (Wildman–Crippen MR) is 111 cm³/mol. The average molecular weight is 420 g/mol. The van der Waals surface area contributed by atoms with Crippen LogP contribution < -0.4 is 4.90 Å². The Hall–Kier alpha value is -2.30. The van der Waals surface area contributed by atoms with Crippen LogP contribution in [0.5, 0.6) is 0 Å². The molecule has 2 aromatic rings. The van der Waals surface area contributed by atoms with Gasteiger partial charge in [-0.2, -0.15) is 17.0 Å². The Bertz CT molecular complexity index is 1010. The van der Waals surface area contributed by atoms with Gasteiger partial charge in [0.15, 0.2) is 0 Å². The van der Waals surface area contributed by atoms with Crippen LogP contribution in [-0.2, 0) is 10.2 Å². The van der Waals surface area contributed by atoms with E-state index in [9.17, 15) is 18.5 Å². The van der Waals surface area contributed by atoms with Crippen LogP contribution in [0.2, 0.25) is 0 Å². The summed E-state index contributed by atoms with van der Waals surface area (Å²) in [5.74, 6) is 0.572. The molecular weight excluding hydrogens is 394 g/mol. The van der Waals surface area contributed by atoms with Crippen molar-refractivity contribution in [2.75, 3.05) is 44.2 Å². The van der Waals surface area contributed by atoms with Gasteiger partial charge in [0.1, 0.15) is 0 Å². The van der Waals surface area contributed by atoms with Gasteiger partial charge in [0.05, 0.1) is 10.3 Å². The Morgan fingerprint density at radius 2 is 1.66 bits per heavy atom. The topological polar surface area (TPSA) is 99.9 Å². The van der Waals surface area contributed by atoms with Gasteiger partial charge in [0, 0.05) is 68.8 Å². The first kappa shape index (κ1) is 20.0. The average Bonchev–Trinajstić information content (AvgIpc) is 2.73. The Morgan fingerprint density at radius 3 is 2.31 bits per heavy atom. The maximum absolute atomic E-state index is 13.0. The molecule has 10 heteroatoms. The summed E-state index contributed by atoms with van der Waals surface area (Å²) >= 11 is 0. The summed E-state index contributed by atoms with van der Waals surface area (Å²) in [5.41, 5.74) is 0.897. The van der Waals surface area contributed by atoms with E-state index in [4.69, 9.17) is 0 Å². The van der Waals surface area contributed by atoms with E-state index in [1.165, 1.54) is 12.3 Å². The summed E-state index contributed by atoms with van der Waals surface area (Å²) in [7, 11) is -3.43. The van der Waals surface area contributed by atoms with Crippen LogP contribution in [0.3, 0.4) is 0 Å². The van der Waals surface area contributed by atoms with Crippen molar-refractivity contribution >= 4 is 32.4 Å². The molecule has 2 saturated heterocycles. The highest BCUT2D eigenvalue weighted by atomic mass is 32.2. The zero-order valence-corrected chi connectivity index (χ0v) is 17.2. The van der Waals surface area contributed by atoms with Crippen molar-refractivity contribution in [1.82, 2.24) is 13.6 Å². The van der Waals surface area contributed by atoms with Gasteiger partial charge in [-0.15, -0.1) is 0 Å². The smallest absolute Gasteiger partial charge is 0.282 e. The van der Waals surface area contributed by atoms with Gasteiger partial charge >= 0.3 is 0 Å². The first-order valence-corrected chi connectivity index (χ1v) is 11.3. The maximum atomic E-state index is 13.0. The van der Waals surface area contributed by atoms with Crippen molar-refractivity contribution < 1.29 is 13.3 Å². The second-order valence-corrected chi connectivity index (χ2v) is 9.69. The minimum Gasteiger partial charge on any atom is -0.368 e. The third-order valence-electron chi connectivity index (χ3n) is 5.94. The zero-order valence-electron chi connectivity index (χ0n) is 16.4. The number of nitro groups is 1. The van der Waals surface area contributed by atoms with Crippen LogP contribution in [-0.4, -0.2) is 66.2 Å². The lowest BCUT2D eigenvalue weighted by Crippen LogP contribution is -2.54. The highest BCUT2D eigenvalue weighted by molar-refractivity contribution is 7.86. The van der Waals surface area contributed by atoms with Crippen molar-refractivity contribution in [3.63, 3.8) is 0 Å². The number of piperazine rings is 1. The maximum Gasteiger partial charge on any atom is 0.282 e. The summed E-state index contributed by atoms with van der Waals surface area (Å²) in [6, 6.07) is 5.02. The van der Waals surface area contributed by atoms with E-state index in [-0.39, 0.29) is 5.69 Å². The number of nitrogens with zero attached hydrogens (tertiary/aromatic N) is 5. The summed E-state index contributed by atoms with van der Waals surface area (Å²) in [5, 5.41) is 12.6. The van der Waals surface area contributed by atoms with Crippen LogP contribution in [0, 0.1) is 16.0 Å². The number of pyridine rings is 1. The summed E-state index contributed by atoms with van der Waals surface area (Å²) in [6.45, 7) is 5.22. The molecule has 0 amide bonds. The van der Waals surface area contributed by atoms with Gasteiger partial charge < -0.3 is 4.90 Å². The number of hydrogen-bond donors (Lipinski definition) is 0. The normalized spacial score (nSPS) is 20.2. The fourth-order valence-electron chi connectivity index (χ4n) is 4.13. The van der Waals surface area contributed by atoms with Gasteiger partial charge in [0.25, 0.3) is 15.9 Å². The molecule has 3 heterocycles. The molecule has 0 saturated carbocycles. The monoisotopic (exact) mass is 419 g/mol. The molecule has 0 radical (unpaired) electrons. The Labute approximate surface area is 170 Å². The molecule has 2 aliphatic rings. The lowest BCUT2D eigenvalue weighted by Gasteiger charge is -2.39. The predicted octanol–water partition coefficient (Wildman–Crippen LogP) is 2.24. The van der Waals surface area contributed by atoms with Gasteiger partial charge in [-0.1, -0.05) is 6.92 Å². The van der Waals surface area contributed by atoms with E-state index in [0.29, 0.717) is 50.6 Å². The number of benzene rings is 1. The molecule has 0 spiro atoms. The summed E-state index contributed by atoms with van der Waals surface area (Å²) in [6.07, 6.45) is 4.94. The minimum absolute atomic E-state index is 0.0254. The summed E-state index contributed by atoms with van der Waals surface area (Å²) in [4.78, 5) is 17.0. The highest BCUT2D eigenvalue weighted by Crippen LogP contribution is 2.33. The van der Waals surface area contributed by atoms with Crippen molar-refractivity contribution in [1.29, 1.82) is 0 Å². The quantitative estimate of drug-likeness (QED) is 0.557. The highest BCUT2D eigenvalue weighted by Gasteiger charge is 2.34. The molecule has 156 valence electrons. The number of non-ortho nitro benzene ring substituents is 1. The number of rotatable bonds is 4. The molecule has 1 aromatic heterocycles. The number of nitro benzene ring substituents is 1. The molecule has 29 heavy (non-hydrogen) atoms. The fraction of sp³-hybridized carbons (Fsp3) is 0.526. The molecule has 0 atom stereocenters. The first-order chi connectivity index (χ1) is 13.9. The van der Waals surface area contributed by atoms with Crippen LogP contribution in [0.1, 0.15) is 19.8 Å². The number of piperidine rings is 1. The molecule has 2 aliphatic heterocycles. The van der Waals surface area contributed by atoms with Crippen molar-refractivity contribution in [2.24, 2.45) is 5.92 Å². The lowest BCUT2D eigenvalue weighted by molar-refractivity contribution is -0.383. The van der Waals surface area contributed by atoms with Crippen LogP contribution in [0.4, 0.5) is 11.4 Å². The van der Waals surface area contributed by atoms with Crippen LogP contribution in [0.25, 0.3) is 10.8 Å². The standard InChI is InChI=1S/C19H25N5O4S/c1-15-5-8-22(9-6-15)29(27,28)23-12-10-21(11-13-23)18-2-3-19(24(25)26)17-14-20-7-4-16(17)18/h2-4,7,14-15H,5-6,8-13H2,1H3. The molecule has 0 unspecified atom stereocenters. The van der Waals surface area contributed by atoms with Crippen molar-refractivity contribution in [2.45, 2.75) is 19.8 Å². The molecule has 0 aliphatic carbocycles. The van der Waals surface area contributed by atoms with E-state index >= 15 is 0 Å². The Morgan fingerprint density at radius 1 is 1.00 bits per heavy atom. The molecule has 4 rings (SSSR count). The second kappa shape index (κ2) is 7.85. The summed E-state index contributed by atoms with van der Waals surface area (Å²) < 4.78 is 29.1. The van der Waals surface area contributed by atoms with E-state index in [0.717, 1.165) is 23.9 Å². The molecule has 0 bridgehead atoms.